The van der Waals surface area contributed by atoms with E-state index in [9.17, 15) is 9.18 Å². The van der Waals surface area contributed by atoms with Crippen molar-refractivity contribution in [3.8, 4) is 0 Å². The molecular weight excluding hydrogens is 273 g/mol. The third kappa shape index (κ3) is 2.61. The maximum Gasteiger partial charge on any atom is 0.236 e. The first-order valence-electron chi connectivity index (χ1n) is 5.34. The first-order valence-corrected chi connectivity index (χ1v) is 6.25. The Hall–Kier alpha value is -0.900. The van der Waals surface area contributed by atoms with Gasteiger partial charge < -0.3 is 4.90 Å². The van der Waals surface area contributed by atoms with Crippen molar-refractivity contribution in [2.24, 2.45) is 0 Å². The summed E-state index contributed by atoms with van der Waals surface area (Å²) in [5, 5.41) is 0. The molecule has 0 radical (unpaired) electrons. The molecule has 1 amide bonds. The van der Waals surface area contributed by atoms with E-state index in [-0.39, 0.29) is 16.6 Å². The molecule has 4 heteroatoms. The first-order chi connectivity index (χ1) is 7.66. The summed E-state index contributed by atoms with van der Waals surface area (Å²) in [4.78, 5) is 13.5. The van der Waals surface area contributed by atoms with Crippen LogP contribution in [0.25, 0.3) is 0 Å². The number of carbonyl (C=O) groups excluding carboxylic acids is 1. The highest BCUT2D eigenvalue weighted by Crippen LogP contribution is 2.20. The van der Waals surface area contributed by atoms with Crippen LogP contribution in [0.2, 0.25) is 0 Å². The SMILES string of the molecule is O=C1C(Br)CCCN1Cc1cccc(F)c1. The zero-order valence-electron chi connectivity index (χ0n) is 8.83. The number of hydrogen-bond acceptors (Lipinski definition) is 1. The minimum Gasteiger partial charge on any atom is -0.337 e. The predicted molar refractivity (Wildman–Crippen MR) is 63.8 cm³/mol. The third-order valence-corrected chi connectivity index (χ3v) is 3.58. The average Bonchev–Trinajstić information content (AvgIpc) is 2.25. The van der Waals surface area contributed by atoms with E-state index in [1.807, 2.05) is 6.07 Å². The summed E-state index contributed by atoms with van der Waals surface area (Å²) in [6.07, 6.45) is 1.88. The van der Waals surface area contributed by atoms with Crippen LogP contribution in [-0.4, -0.2) is 22.2 Å². The summed E-state index contributed by atoms with van der Waals surface area (Å²) in [5.41, 5.74) is 0.843. The van der Waals surface area contributed by atoms with Gasteiger partial charge in [0.15, 0.2) is 0 Å². The fourth-order valence-corrected chi connectivity index (χ4v) is 2.52. The largest absolute Gasteiger partial charge is 0.337 e. The van der Waals surface area contributed by atoms with Gasteiger partial charge in [0.05, 0.1) is 4.83 Å². The lowest BCUT2D eigenvalue weighted by Gasteiger charge is -2.29. The molecule has 16 heavy (non-hydrogen) atoms. The number of amides is 1. The molecule has 1 atom stereocenters. The van der Waals surface area contributed by atoms with Crippen LogP contribution in [0, 0.1) is 5.82 Å². The van der Waals surface area contributed by atoms with Gasteiger partial charge >= 0.3 is 0 Å². The number of nitrogens with zero attached hydrogens (tertiary/aromatic N) is 1. The molecule has 0 bridgehead atoms. The molecule has 0 N–H and O–H groups in total. The average molecular weight is 286 g/mol. The topological polar surface area (TPSA) is 20.3 Å². The second-order valence-corrected chi connectivity index (χ2v) is 5.10. The van der Waals surface area contributed by atoms with E-state index in [0.717, 1.165) is 24.9 Å². The van der Waals surface area contributed by atoms with Crippen LogP contribution in [0.3, 0.4) is 0 Å². The number of halogens is 2. The van der Waals surface area contributed by atoms with Gasteiger partial charge in [-0.15, -0.1) is 0 Å². The molecule has 1 unspecified atom stereocenters. The van der Waals surface area contributed by atoms with Crippen LogP contribution in [0.1, 0.15) is 18.4 Å². The molecule has 0 spiro atoms. The second-order valence-electron chi connectivity index (χ2n) is 4.00. The van der Waals surface area contributed by atoms with Crippen molar-refractivity contribution in [1.29, 1.82) is 0 Å². The molecule has 0 aromatic heterocycles. The van der Waals surface area contributed by atoms with Crippen LogP contribution in [0.4, 0.5) is 4.39 Å². The molecule has 0 saturated carbocycles. The molecule has 1 aromatic carbocycles. The molecule has 2 rings (SSSR count). The van der Waals surface area contributed by atoms with Gasteiger partial charge in [0.1, 0.15) is 5.82 Å². The van der Waals surface area contributed by atoms with E-state index in [4.69, 9.17) is 0 Å². The van der Waals surface area contributed by atoms with Gasteiger partial charge in [-0.2, -0.15) is 0 Å². The summed E-state index contributed by atoms with van der Waals surface area (Å²) >= 11 is 3.36. The zero-order chi connectivity index (χ0) is 11.5. The number of hydrogen-bond donors (Lipinski definition) is 0. The van der Waals surface area contributed by atoms with E-state index >= 15 is 0 Å². The van der Waals surface area contributed by atoms with E-state index in [2.05, 4.69) is 15.9 Å². The minimum atomic E-state index is -0.252. The molecule has 1 fully saturated rings. The maximum atomic E-state index is 13.0. The lowest BCUT2D eigenvalue weighted by Crippen LogP contribution is -2.41. The van der Waals surface area contributed by atoms with Gasteiger partial charge in [0, 0.05) is 13.1 Å². The lowest BCUT2D eigenvalue weighted by molar-refractivity contribution is -0.133. The quantitative estimate of drug-likeness (QED) is 0.765. The van der Waals surface area contributed by atoms with Gasteiger partial charge in [-0.1, -0.05) is 28.1 Å². The Morgan fingerprint density at radius 1 is 1.50 bits per heavy atom. The van der Waals surface area contributed by atoms with Crippen molar-refractivity contribution < 1.29 is 9.18 Å². The molecule has 1 aromatic rings. The van der Waals surface area contributed by atoms with Crippen LogP contribution >= 0.6 is 15.9 Å². The molecular formula is C12H13BrFNO. The smallest absolute Gasteiger partial charge is 0.236 e. The van der Waals surface area contributed by atoms with Crippen molar-refractivity contribution in [1.82, 2.24) is 4.90 Å². The molecule has 1 aliphatic rings. The number of rotatable bonds is 2. The highest BCUT2D eigenvalue weighted by atomic mass is 79.9. The molecule has 1 heterocycles. The van der Waals surface area contributed by atoms with Gasteiger partial charge in [0.2, 0.25) is 5.91 Å². The summed E-state index contributed by atoms with van der Waals surface area (Å²) in [6.45, 7) is 1.26. The van der Waals surface area contributed by atoms with Crippen molar-refractivity contribution in [2.45, 2.75) is 24.2 Å². The van der Waals surface area contributed by atoms with Crippen molar-refractivity contribution in [2.75, 3.05) is 6.54 Å². The Labute approximate surface area is 103 Å². The Morgan fingerprint density at radius 3 is 3.06 bits per heavy atom. The Morgan fingerprint density at radius 2 is 2.31 bits per heavy atom. The highest BCUT2D eigenvalue weighted by molar-refractivity contribution is 9.10. The fraction of sp³-hybridized carbons (Fsp3) is 0.417. The lowest BCUT2D eigenvalue weighted by atomic mass is 10.1. The van der Waals surface area contributed by atoms with Crippen molar-refractivity contribution >= 4 is 21.8 Å². The van der Waals surface area contributed by atoms with E-state index in [1.165, 1.54) is 12.1 Å². The number of likely N-dealkylation sites (tertiary alicyclic amines) is 1. The third-order valence-electron chi connectivity index (χ3n) is 2.73. The Bertz CT molecular complexity index is 396. The molecule has 1 aliphatic heterocycles. The van der Waals surface area contributed by atoms with Gasteiger partial charge in [-0.25, -0.2) is 4.39 Å². The normalized spacial score (nSPS) is 21.2. The minimum absolute atomic E-state index is 0.0743. The molecule has 1 saturated heterocycles. The summed E-state index contributed by atoms with van der Waals surface area (Å²) in [6, 6.07) is 6.40. The standard InChI is InChI=1S/C12H13BrFNO/c13-11-5-2-6-15(12(11)16)8-9-3-1-4-10(14)7-9/h1,3-4,7,11H,2,5-6,8H2. The van der Waals surface area contributed by atoms with Crippen molar-refractivity contribution in [3.05, 3.63) is 35.6 Å². The van der Waals surface area contributed by atoms with Crippen LogP contribution < -0.4 is 0 Å². The number of piperidine rings is 1. The first kappa shape index (κ1) is 11.6. The van der Waals surface area contributed by atoms with Gasteiger partial charge in [0.25, 0.3) is 0 Å². The molecule has 0 aliphatic carbocycles. The fourth-order valence-electron chi connectivity index (χ4n) is 1.91. The van der Waals surface area contributed by atoms with Crippen LogP contribution in [0.5, 0.6) is 0 Å². The van der Waals surface area contributed by atoms with E-state index in [0.29, 0.717) is 6.54 Å². The molecule has 86 valence electrons. The number of carbonyl (C=O) groups is 1. The maximum absolute atomic E-state index is 13.0. The van der Waals surface area contributed by atoms with Gasteiger partial charge in [-0.3, -0.25) is 4.79 Å². The number of alkyl halides is 1. The number of benzene rings is 1. The van der Waals surface area contributed by atoms with Crippen molar-refractivity contribution in [3.63, 3.8) is 0 Å². The summed E-state index contributed by atoms with van der Waals surface area (Å²) < 4.78 is 13.0. The highest BCUT2D eigenvalue weighted by Gasteiger charge is 2.26. The van der Waals surface area contributed by atoms with E-state index in [1.54, 1.807) is 11.0 Å². The Kier molecular flexibility index (Phi) is 3.59. The second kappa shape index (κ2) is 4.95. The van der Waals surface area contributed by atoms with Crippen LogP contribution in [-0.2, 0) is 11.3 Å². The zero-order valence-corrected chi connectivity index (χ0v) is 10.4. The monoisotopic (exact) mass is 285 g/mol. The Balaban J connectivity index is 2.06. The van der Waals surface area contributed by atoms with Gasteiger partial charge in [-0.05, 0) is 30.5 Å². The summed E-state index contributed by atoms with van der Waals surface area (Å²) in [5.74, 6) is -0.145. The van der Waals surface area contributed by atoms with E-state index < -0.39 is 0 Å². The van der Waals surface area contributed by atoms with Crippen LogP contribution in [0.15, 0.2) is 24.3 Å². The summed E-state index contributed by atoms with van der Waals surface area (Å²) in [7, 11) is 0. The molecule has 2 nitrogen and oxygen atoms in total. The predicted octanol–water partition coefficient (Wildman–Crippen LogP) is 2.71.